The topological polar surface area (TPSA) is 29.5 Å². The molecule has 0 radical (unpaired) electrons. The summed E-state index contributed by atoms with van der Waals surface area (Å²) in [5, 5.41) is 0. The van der Waals surface area contributed by atoms with Gasteiger partial charge in [-0.25, -0.2) is 0 Å². The Kier molecular flexibility index (Phi) is 11.5. The Morgan fingerprint density at radius 2 is 1.43 bits per heavy atom. The van der Waals surface area contributed by atoms with Crippen molar-refractivity contribution < 1.29 is 9.53 Å². The SMILES string of the molecule is CCCCCC1CC1CC1CC1CCCCCCCC(=O)OCCCN(C)C. The summed E-state index contributed by atoms with van der Waals surface area (Å²) < 4.78 is 5.28. The number of carbonyl (C=O) groups is 1. The van der Waals surface area contributed by atoms with Crippen LogP contribution < -0.4 is 0 Å². The highest BCUT2D eigenvalue weighted by atomic mass is 16.5. The van der Waals surface area contributed by atoms with Crippen LogP contribution in [0, 0.1) is 23.7 Å². The number of carbonyl (C=O) groups excluding carboxylic acids is 1. The second kappa shape index (κ2) is 13.6. The zero-order valence-electron chi connectivity index (χ0n) is 19.1. The van der Waals surface area contributed by atoms with Crippen molar-refractivity contribution in [1.29, 1.82) is 0 Å². The molecule has 2 rings (SSSR count). The largest absolute Gasteiger partial charge is 0.466 e. The van der Waals surface area contributed by atoms with E-state index in [1.54, 1.807) is 12.8 Å². The first kappa shape index (κ1) is 23.7. The molecule has 0 bridgehead atoms. The van der Waals surface area contributed by atoms with Crippen LogP contribution in [0.3, 0.4) is 0 Å². The van der Waals surface area contributed by atoms with E-state index in [9.17, 15) is 4.79 Å². The zero-order chi connectivity index (χ0) is 20.2. The Bertz CT molecular complexity index is 423. The van der Waals surface area contributed by atoms with E-state index in [0.29, 0.717) is 13.0 Å². The predicted molar refractivity (Wildman–Crippen MR) is 118 cm³/mol. The van der Waals surface area contributed by atoms with E-state index in [-0.39, 0.29) is 5.97 Å². The maximum absolute atomic E-state index is 11.7. The van der Waals surface area contributed by atoms with Crippen LogP contribution in [0.2, 0.25) is 0 Å². The number of unbranched alkanes of at least 4 members (excludes halogenated alkanes) is 6. The van der Waals surface area contributed by atoms with Gasteiger partial charge in [-0.15, -0.1) is 0 Å². The van der Waals surface area contributed by atoms with Crippen molar-refractivity contribution in [2.45, 2.75) is 103 Å². The standard InChI is InChI=1S/C25H47NO2/c1-4-5-9-13-21-18-23(21)20-24-19-22(24)14-10-7-6-8-11-15-25(27)28-17-12-16-26(2)3/h21-24H,4-20H2,1-3H3. The van der Waals surface area contributed by atoms with Crippen molar-refractivity contribution in [3.63, 3.8) is 0 Å². The second-order valence-corrected chi connectivity index (χ2v) is 9.93. The third kappa shape index (κ3) is 10.8. The molecule has 4 atom stereocenters. The van der Waals surface area contributed by atoms with Crippen LogP contribution in [0.1, 0.15) is 103 Å². The van der Waals surface area contributed by atoms with Crippen molar-refractivity contribution in [3.05, 3.63) is 0 Å². The first-order valence-corrected chi connectivity index (χ1v) is 12.4. The van der Waals surface area contributed by atoms with Gasteiger partial charge in [0.1, 0.15) is 0 Å². The summed E-state index contributed by atoms with van der Waals surface area (Å²) in [6, 6.07) is 0. The third-order valence-electron chi connectivity index (χ3n) is 6.89. The molecule has 0 heterocycles. The first-order chi connectivity index (χ1) is 13.6. The van der Waals surface area contributed by atoms with Crippen LogP contribution in [0.4, 0.5) is 0 Å². The molecule has 3 heteroatoms. The van der Waals surface area contributed by atoms with Crippen molar-refractivity contribution >= 4 is 5.97 Å². The van der Waals surface area contributed by atoms with E-state index in [2.05, 4.69) is 11.8 Å². The average molecular weight is 394 g/mol. The molecule has 2 aliphatic carbocycles. The number of rotatable bonds is 18. The number of hydrogen-bond acceptors (Lipinski definition) is 3. The van der Waals surface area contributed by atoms with Gasteiger partial charge in [0.05, 0.1) is 6.61 Å². The molecule has 0 aromatic carbocycles. The first-order valence-electron chi connectivity index (χ1n) is 12.4. The number of hydrogen-bond donors (Lipinski definition) is 0. The predicted octanol–water partition coefficient (Wildman–Crippen LogP) is 6.45. The van der Waals surface area contributed by atoms with Gasteiger partial charge >= 0.3 is 5.97 Å². The molecule has 0 aliphatic heterocycles. The Balaban J connectivity index is 1.31. The summed E-state index contributed by atoms with van der Waals surface area (Å²) >= 11 is 0. The molecule has 2 saturated carbocycles. The lowest BCUT2D eigenvalue weighted by Gasteiger charge is -2.09. The molecule has 28 heavy (non-hydrogen) atoms. The lowest BCUT2D eigenvalue weighted by molar-refractivity contribution is -0.143. The monoisotopic (exact) mass is 393 g/mol. The highest BCUT2D eigenvalue weighted by Crippen LogP contribution is 2.54. The van der Waals surface area contributed by atoms with Crippen LogP contribution in [-0.4, -0.2) is 38.1 Å². The summed E-state index contributed by atoms with van der Waals surface area (Å²) in [7, 11) is 4.09. The fraction of sp³-hybridized carbons (Fsp3) is 0.960. The van der Waals surface area contributed by atoms with E-state index >= 15 is 0 Å². The molecule has 0 N–H and O–H groups in total. The van der Waals surface area contributed by atoms with Gasteiger partial charge in [-0.2, -0.15) is 0 Å². The minimum Gasteiger partial charge on any atom is -0.466 e. The molecule has 164 valence electrons. The number of nitrogens with zero attached hydrogens (tertiary/aromatic N) is 1. The molecule has 0 aromatic rings. The fourth-order valence-corrected chi connectivity index (χ4v) is 4.80. The molecule has 0 saturated heterocycles. The second-order valence-electron chi connectivity index (χ2n) is 9.93. The minimum atomic E-state index is -0.00680. The Labute approximate surface area is 175 Å². The molecular formula is C25H47NO2. The summed E-state index contributed by atoms with van der Waals surface area (Å²) in [5.41, 5.74) is 0. The van der Waals surface area contributed by atoms with Gasteiger partial charge in [-0.3, -0.25) is 4.79 Å². The van der Waals surface area contributed by atoms with Crippen LogP contribution in [0.25, 0.3) is 0 Å². The van der Waals surface area contributed by atoms with Crippen LogP contribution in [0.5, 0.6) is 0 Å². The van der Waals surface area contributed by atoms with Gasteiger partial charge in [-0.05, 0) is 69.9 Å². The highest BCUT2D eigenvalue weighted by molar-refractivity contribution is 5.69. The maximum Gasteiger partial charge on any atom is 0.305 e. The lowest BCUT2D eigenvalue weighted by Crippen LogP contribution is -2.16. The van der Waals surface area contributed by atoms with Crippen molar-refractivity contribution in [2.24, 2.45) is 23.7 Å². The number of ether oxygens (including phenoxy) is 1. The summed E-state index contributed by atoms with van der Waals surface area (Å²) in [6.45, 7) is 3.86. The van der Waals surface area contributed by atoms with Crippen LogP contribution >= 0.6 is 0 Å². The maximum atomic E-state index is 11.7. The molecular weight excluding hydrogens is 346 g/mol. The van der Waals surface area contributed by atoms with Gasteiger partial charge < -0.3 is 9.64 Å². The van der Waals surface area contributed by atoms with E-state index in [1.165, 1.54) is 64.2 Å². The van der Waals surface area contributed by atoms with Gasteiger partial charge in [0.2, 0.25) is 0 Å². The molecule has 4 unspecified atom stereocenters. The van der Waals surface area contributed by atoms with E-state index in [4.69, 9.17) is 4.74 Å². The third-order valence-corrected chi connectivity index (χ3v) is 6.89. The summed E-state index contributed by atoms with van der Waals surface area (Å²) in [4.78, 5) is 13.8. The van der Waals surface area contributed by atoms with Gasteiger partial charge in [0.25, 0.3) is 0 Å². The normalized spacial score (nSPS) is 25.9. The summed E-state index contributed by atoms with van der Waals surface area (Å²) in [5.74, 6) is 4.35. The van der Waals surface area contributed by atoms with Crippen LogP contribution in [-0.2, 0) is 9.53 Å². The average Bonchev–Trinajstić information content (AvgIpc) is 3.57. The van der Waals surface area contributed by atoms with Crippen molar-refractivity contribution in [3.8, 4) is 0 Å². The minimum absolute atomic E-state index is 0.00680. The zero-order valence-corrected chi connectivity index (χ0v) is 19.1. The van der Waals surface area contributed by atoms with Gasteiger partial charge in [0.15, 0.2) is 0 Å². The molecule has 0 amide bonds. The molecule has 0 aromatic heterocycles. The Morgan fingerprint density at radius 1 is 0.821 bits per heavy atom. The Morgan fingerprint density at radius 3 is 2.07 bits per heavy atom. The van der Waals surface area contributed by atoms with E-state index in [1.807, 2.05) is 14.1 Å². The number of esters is 1. The molecule has 3 nitrogen and oxygen atoms in total. The Hall–Kier alpha value is -0.570. The van der Waals surface area contributed by atoms with Crippen molar-refractivity contribution in [2.75, 3.05) is 27.2 Å². The smallest absolute Gasteiger partial charge is 0.305 e. The van der Waals surface area contributed by atoms with Gasteiger partial charge in [-0.1, -0.05) is 64.7 Å². The highest BCUT2D eigenvalue weighted by Gasteiger charge is 2.44. The summed E-state index contributed by atoms with van der Waals surface area (Å²) in [6.07, 6.45) is 19.6. The van der Waals surface area contributed by atoms with Gasteiger partial charge in [0, 0.05) is 13.0 Å². The van der Waals surface area contributed by atoms with Crippen molar-refractivity contribution in [1.82, 2.24) is 4.90 Å². The van der Waals surface area contributed by atoms with E-state index in [0.717, 1.165) is 43.1 Å². The van der Waals surface area contributed by atoms with Crippen LogP contribution in [0.15, 0.2) is 0 Å². The fourth-order valence-electron chi connectivity index (χ4n) is 4.80. The quantitative estimate of drug-likeness (QED) is 0.198. The van der Waals surface area contributed by atoms with E-state index < -0.39 is 0 Å². The molecule has 0 spiro atoms. The molecule has 2 aliphatic rings. The lowest BCUT2D eigenvalue weighted by atomic mass is 10.0. The molecule has 2 fully saturated rings.